The molecule has 14 heavy (non-hydrogen) atoms. The molecule has 0 aliphatic carbocycles. The van der Waals surface area contributed by atoms with Gasteiger partial charge in [0.25, 0.3) is 0 Å². The first-order chi connectivity index (χ1) is 6.68. The predicted molar refractivity (Wildman–Crippen MR) is 54.7 cm³/mol. The van der Waals surface area contributed by atoms with Crippen LogP contribution >= 0.6 is 0 Å². The Hall–Kier alpha value is -0.610. The second-order valence-electron chi connectivity index (χ2n) is 4.60. The fourth-order valence-corrected chi connectivity index (χ4v) is 2.38. The Kier molecular flexibility index (Phi) is 2.74. The molecule has 0 spiro atoms. The maximum absolute atomic E-state index is 11.3. The van der Waals surface area contributed by atoms with Crippen molar-refractivity contribution < 1.29 is 4.79 Å². The SMILES string of the molecule is CC1CCN(C2CNC2)C(C(N)=O)C1. The minimum absolute atomic E-state index is 0.0224. The number of amides is 1. The monoisotopic (exact) mass is 197 g/mol. The van der Waals surface area contributed by atoms with Crippen LogP contribution in [0.4, 0.5) is 0 Å². The van der Waals surface area contributed by atoms with Crippen molar-refractivity contribution in [3.8, 4) is 0 Å². The van der Waals surface area contributed by atoms with Gasteiger partial charge >= 0.3 is 0 Å². The van der Waals surface area contributed by atoms with Gasteiger partial charge < -0.3 is 11.1 Å². The van der Waals surface area contributed by atoms with E-state index < -0.39 is 0 Å². The lowest BCUT2D eigenvalue weighted by molar-refractivity contribution is -0.127. The summed E-state index contributed by atoms with van der Waals surface area (Å²) in [5.41, 5.74) is 5.44. The number of nitrogens with one attached hydrogen (secondary N) is 1. The molecular formula is C10H19N3O. The number of piperidine rings is 1. The van der Waals surface area contributed by atoms with Crippen LogP contribution in [0.15, 0.2) is 0 Å². The van der Waals surface area contributed by atoms with Crippen molar-refractivity contribution in [3.05, 3.63) is 0 Å². The minimum atomic E-state index is -0.150. The van der Waals surface area contributed by atoms with Crippen molar-refractivity contribution in [2.45, 2.75) is 31.8 Å². The van der Waals surface area contributed by atoms with E-state index in [0.717, 1.165) is 26.1 Å². The first-order valence-corrected chi connectivity index (χ1v) is 5.44. The first-order valence-electron chi connectivity index (χ1n) is 5.44. The zero-order chi connectivity index (χ0) is 10.1. The van der Waals surface area contributed by atoms with E-state index in [-0.39, 0.29) is 11.9 Å². The fraction of sp³-hybridized carbons (Fsp3) is 0.900. The molecule has 2 saturated heterocycles. The Labute approximate surface area is 84.8 Å². The highest BCUT2D eigenvalue weighted by Gasteiger charge is 2.36. The molecule has 4 heteroatoms. The van der Waals surface area contributed by atoms with Crippen LogP contribution in [0.5, 0.6) is 0 Å². The highest BCUT2D eigenvalue weighted by Crippen LogP contribution is 2.25. The Morgan fingerprint density at radius 2 is 2.21 bits per heavy atom. The van der Waals surface area contributed by atoms with E-state index in [1.807, 2.05) is 0 Å². The number of rotatable bonds is 2. The average Bonchev–Trinajstić information content (AvgIpc) is 2.04. The molecule has 2 heterocycles. The standard InChI is InChI=1S/C10H19N3O/c1-7-2-3-13(8-5-12-6-8)9(4-7)10(11)14/h7-9,12H,2-6H2,1H3,(H2,11,14). The van der Waals surface area contributed by atoms with Crippen LogP contribution in [-0.4, -0.2) is 42.5 Å². The van der Waals surface area contributed by atoms with Gasteiger partial charge in [0, 0.05) is 19.1 Å². The molecule has 1 amide bonds. The molecule has 4 nitrogen and oxygen atoms in total. The van der Waals surface area contributed by atoms with Crippen LogP contribution in [0.2, 0.25) is 0 Å². The Balaban J connectivity index is 2.01. The topological polar surface area (TPSA) is 58.4 Å². The third-order valence-corrected chi connectivity index (χ3v) is 3.46. The van der Waals surface area contributed by atoms with Crippen molar-refractivity contribution in [2.24, 2.45) is 11.7 Å². The molecule has 2 fully saturated rings. The largest absolute Gasteiger partial charge is 0.368 e. The number of hydrogen-bond donors (Lipinski definition) is 2. The van der Waals surface area contributed by atoms with Crippen LogP contribution in [0.3, 0.4) is 0 Å². The maximum Gasteiger partial charge on any atom is 0.234 e. The van der Waals surface area contributed by atoms with Crippen LogP contribution < -0.4 is 11.1 Å². The van der Waals surface area contributed by atoms with Crippen molar-refractivity contribution >= 4 is 5.91 Å². The number of likely N-dealkylation sites (tertiary alicyclic amines) is 1. The molecule has 2 rings (SSSR count). The molecule has 2 unspecified atom stereocenters. The summed E-state index contributed by atoms with van der Waals surface area (Å²) in [5, 5.41) is 3.24. The molecule has 0 saturated carbocycles. The average molecular weight is 197 g/mol. The van der Waals surface area contributed by atoms with Gasteiger partial charge in [-0.15, -0.1) is 0 Å². The second-order valence-corrected chi connectivity index (χ2v) is 4.60. The van der Waals surface area contributed by atoms with Crippen molar-refractivity contribution in [2.75, 3.05) is 19.6 Å². The van der Waals surface area contributed by atoms with Crippen LogP contribution in [-0.2, 0) is 4.79 Å². The summed E-state index contributed by atoms with van der Waals surface area (Å²) in [6.07, 6.45) is 2.13. The summed E-state index contributed by atoms with van der Waals surface area (Å²) < 4.78 is 0. The first kappa shape index (κ1) is 9.93. The lowest BCUT2D eigenvalue weighted by atomic mass is 9.90. The van der Waals surface area contributed by atoms with E-state index in [4.69, 9.17) is 5.73 Å². The van der Waals surface area contributed by atoms with Gasteiger partial charge in [0.2, 0.25) is 5.91 Å². The van der Waals surface area contributed by atoms with Crippen LogP contribution in [0, 0.1) is 5.92 Å². The third-order valence-electron chi connectivity index (χ3n) is 3.46. The minimum Gasteiger partial charge on any atom is -0.368 e. The number of carbonyl (C=O) groups is 1. The second kappa shape index (κ2) is 3.87. The van der Waals surface area contributed by atoms with Gasteiger partial charge in [-0.25, -0.2) is 0 Å². The van der Waals surface area contributed by atoms with E-state index in [1.54, 1.807) is 0 Å². The third kappa shape index (κ3) is 1.77. The fourth-order valence-electron chi connectivity index (χ4n) is 2.38. The molecular weight excluding hydrogens is 178 g/mol. The number of nitrogens with zero attached hydrogens (tertiary/aromatic N) is 1. The molecule has 0 bridgehead atoms. The summed E-state index contributed by atoms with van der Waals surface area (Å²) in [6.45, 7) is 5.25. The molecule has 0 aromatic heterocycles. The molecule has 2 atom stereocenters. The normalized spacial score (nSPS) is 35.2. The Bertz CT molecular complexity index is 227. The smallest absolute Gasteiger partial charge is 0.234 e. The van der Waals surface area contributed by atoms with Crippen molar-refractivity contribution in [3.63, 3.8) is 0 Å². The van der Waals surface area contributed by atoms with E-state index >= 15 is 0 Å². The molecule has 80 valence electrons. The predicted octanol–water partition coefficient (Wildman–Crippen LogP) is -0.456. The molecule has 0 radical (unpaired) electrons. The lowest BCUT2D eigenvalue weighted by Crippen LogP contribution is -2.64. The lowest BCUT2D eigenvalue weighted by Gasteiger charge is -2.45. The highest BCUT2D eigenvalue weighted by atomic mass is 16.1. The highest BCUT2D eigenvalue weighted by molar-refractivity contribution is 5.80. The van der Waals surface area contributed by atoms with E-state index in [1.165, 1.54) is 6.42 Å². The van der Waals surface area contributed by atoms with Gasteiger partial charge in [0.05, 0.1) is 6.04 Å². The zero-order valence-electron chi connectivity index (χ0n) is 8.70. The number of nitrogens with two attached hydrogens (primary N) is 1. The van der Waals surface area contributed by atoms with E-state index in [9.17, 15) is 4.79 Å². The number of carbonyl (C=O) groups excluding carboxylic acids is 1. The summed E-state index contributed by atoms with van der Waals surface area (Å²) in [7, 11) is 0. The van der Waals surface area contributed by atoms with Gasteiger partial charge in [0.15, 0.2) is 0 Å². The van der Waals surface area contributed by atoms with Crippen LogP contribution in [0.1, 0.15) is 19.8 Å². The molecule has 2 aliphatic rings. The molecule has 0 aromatic carbocycles. The summed E-state index contributed by atoms with van der Waals surface area (Å²) in [5.74, 6) is 0.486. The summed E-state index contributed by atoms with van der Waals surface area (Å²) in [4.78, 5) is 13.6. The molecule has 2 aliphatic heterocycles. The summed E-state index contributed by atoms with van der Waals surface area (Å²) >= 11 is 0. The maximum atomic E-state index is 11.3. The number of hydrogen-bond acceptors (Lipinski definition) is 3. The van der Waals surface area contributed by atoms with Gasteiger partial charge in [-0.2, -0.15) is 0 Å². The zero-order valence-corrected chi connectivity index (χ0v) is 8.70. The molecule has 3 N–H and O–H groups in total. The van der Waals surface area contributed by atoms with E-state index in [0.29, 0.717) is 12.0 Å². The van der Waals surface area contributed by atoms with Gasteiger partial charge in [-0.05, 0) is 25.3 Å². The van der Waals surface area contributed by atoms with E-state index in [2.05, 4.69) is 17.1 Å². The quantitative estimate of drug-likeness (QED) is 0.630. The van der Waals surface area contributed by atoms with Crippen molar-refractivity contribution in [1.29, 1.82) is 0 Å². The van der Waals surface area contributed by atoms with Crippen molar-refractivity contribution in [1.82, 2.24) is 10.2 Å². The summed E-state index contributed by atoms with van der Waals surface area (Å²) in [6, 6.07) is 0.519. The molecule has 0 aromatic rings. The Morgan fingerprint density at radius 1 is 1.50 bits per heavy atom. The Morgan fingerprint density at radius 3 is 2.71 bits per heavy atom. The van der Waals surface area contributed by atoms with Gasteiger partial charge in [0.1, 0.15) is 0 Å². The number of primary amides is 1. The van der Waals surface area contributed by atoms with Gasteiger partial charge in [-0.1, -0.05) is 6.92 Å². The van der Waals surface area contributed by atoms with Crippen LogP contribution in [0.25, 0.3) is 0 Å². The van der Waals surface area contributed by atoms with Gasteiger partial charge in [-0.3, -0.25) is 9.69 Å².